The molecular formula is C16H15FN2O. The van der Waals surface area contributed by atoms with Crippen LogP contribution in [0.3, 0.4) is 0 Å². The van der Waals surface area contributed by atoms with Crippen molar-refractivity contribution in [2.75, 3.05) is 5.32 Å². The Morgan fingerprint density at radius 1 is 1.20 bits per heavy atom. The van der Waals surface area contributed by atoms with Crippen LogP contribution in [0.4, 0.5) is 10.1 Å². The highest BCUT2D eigenvalue weighted by Gasteiger charge is 2.23. The van der Waals surface area contributed by atoms with E-state index >= 15 is 0 Å². The lowest BCUT2D eigenvalue weighted by atomic mass is 9.96. The predicted molar refractivity (Wildman–Crippen MR) is 75.9 cm³/mol. The number of fused-ring (bicyclic) bond motifs is 1. The van der Waals surface area contributed by atoms with Crippen LogP contribution in [0, 0.1) is 12.7 Å². The molecule has 4 heteroatoms. The lowest BCUT2D eigenvalue weighted by Gasteiger charge is -2.14. The molecule has 1 aliphatic rings. The number of halogens is 1. The highest BCUT2D eigenvalue weighted by Crippen LogP contribution is 2.31. The van der Waals surface area contributed by atoms with Gasteiger partial charge in [0.25, 0.3) is 0 Å². The van der Waals surface area contributed by atoms with E-state index in [0.29, 0.717) is 11.1 Å². The maximum absolute atomic E-state index is 14.0. The summed E-state index contributed by atoms with van der Waals surface area (Å²) >= 11 is 0. The van der Waals surface area contributed by atoms with Crippen LogP contribution in [0.15, 0.2) is 36.4 Å². The number of anilines is 1. The third-order valence-electron chi connectivity index (χ3n) is 3.61. The first-order valence-electron chi connectivity index (χ1n) is 6.49. The molecule has 20 heavy (non-hydrogen) atoms. The van der Waals surface area contributed by atoms with Gasteiger partial charge in [-0.1, -0.05) is 35.9 Å². The lowest BCUT2D eigenvalue weighted by molar-refractivity contribution is -0.115. The molecule has 2 aromatic rings. The predicted octanol–water partition coefficient (Wildman–Crippen LogP) is 2.68. The molecule has 1 aliphatic heterocycles. The highest BCUT2D eigenvalue weighted by molar-refractivity contribution is 5.99. The maximum Gasteiger partial charge on any atom is 0.228 e. The number of rotatable bonds is 2. The van der Waals surface area contributed by atoms with E-state index in [0.717, 1.165) is 11.1 Å². The molecule has 102 valence electrons. The molecule has 3 rings (SSSR count). The first-order valence-corrected chi connectivity index (χ1v) is 6.49. The van der Waals surface area contributed by atoms with E-state index in [9.17, 15) is 9.18 Å². The smallest absolute Gasteiger partial charge is 0.228 e. The summed E-state index contributed by atoms with van der Waals surface area (Å²) < 4.78 is 14.0. The minimum absolute atomic E-state index is 0.181. The summed E-state index contributed by atoms with van der Waals surface area (Å²) in [5.74, 6) is -0.606. The van der Waals surface area contributed by atoms with Gasteiger partial charge in [-0.25, -0.2) is 4.39 Å². The van der Waals surface area contributed by atoms with E-state index in [-0.39, 0.29) is 18.0 Å². The van der Waals surface area contributed by atoms with Crippen LogP contribution in [0.1, 0.15) is 28.3 Å². The molecule has 2 aromatic carbocycles. The fourth-order valence-electron chi connectivity index (χ4n) is 2.47. The number of nitrogens with one attached hydrogen (secondary N) is 1. The van der Waals surface area contributed by atoms with Crippen LogP contribution in [0.5, 0.6) is 0 Å². The molecule has 0 bridgehead atoms. The molecule has 0 spiro atoms. The average Bonchev–Trinajstić information content (AvgIpc) is 2.80. The zero-order chi connectivity index (χ0) is 14.3. The van der Waals surface area contributed by atoms with Crippen LogP contribution in [0.2, 0.25) is 0 Å². The number of nitrogens with two attached hydrogens (primary N) is 1. The van der Waals surface area contributed by atoms with Crippen LogP contribution in [-0.2, 0) is 11.2 Å². The van der Waals surface area contributed by atoms with Crippen LogP contribution >= 0.6 is 0 Å². The third-order valence-corrected chi connectivity index (χ3v) is 3.61. The van der Waals surface area contributed by atoms with Crippen LogP contribution < -0.4 is 11.1 Å². The van der Waals surface area contributed by atoms with Crippen LogP contribution in [0.25, 0.3) is 0 Å². The lowest BCUT2D eigenvalue weighted by Crippen LogP contribution is -2.12. The van der Waals surface area contributed by atoms with Gasteiger partial charge in [-0.05, 0) is 29.7 Å². The summed E-state index contributed by atoms with van der Waals surface area (Å²) in [4.78, 5) is 11.3. The van der Waals surface area contributed by atoms with Crippen molar-refractivity contribution in [2.45, 2.75) is 19.4 Å². The normalized spacial score (nSPS) is 14.8. The molecule has 0 aromatic heterocycles. The molecule has 0 fully saturated rings. The summed E-state index contributed by atoms with van der Waals surface area (Å²) in [5, 5.41) is 2.52. The van der Waals surface area contributed by atoms with E-state index in [1.54, 1.807) is 6.07 Å². The van der Waals surface area contributed by atoms with Crippen molar-refractivity contribution in [2.24, 2.45) is 5.73 Å². The van der Waals surface area contributed by atoms with Gasteiger partial charge in [0, 0.05) is 0 Å². The van der Waals surface area contributed by atoms with Crippen molar-refractivity contribution >= 4 is 11.6 Å². The van der Waals surface area contributed by atoms with Crippen molar-refractivity contribution in [1.82, 2.24) is 0 Å². The summed E-state index contributed by atoms with van der Waals surface area (Å²) in [6.45, 7) is 2.00. The number of hydrogen-bond donors (Lipinski definition) is 2. The molecule has 1 unspecified atom stereocenters. The molecule has 1 heterocycles. The largest absolute Gasteiger partial charge is 0.323 e. The Morgan fingerprint density at radius 3 is 2.60 bits per heavy atom. The Bertz CT molecular complexity index is 680. The van der Waals surface area contributed by atoms with Gasteiger partial charge in [0.15, 0.2) is 0 Å². The molecule has 3 N–H and O–H groups in total. The van der Waals surface area contributed by atoms with E-state index in [1.165, 1.54) is 6.07 Å². The first kappa shape index (κ1) is 12.8. The van der Waals surface area contributed by atoms with Crippen LogP contribution in [-0.4, -0.2) is 5.91 Å². The Balaban J connectivity index is 1.99. The Hall–Kier alpha value is -2.20. The number of carbonyl (C=O) groups excluding carboxylic acids is 1. The number of carbonyl (C=O) groups is 1. The van der Waals surface area contributed by atoms with Crippen molar-refractivity contribution < 1.29 is 9.18 Å². The van der Waals surface area contributed by atoms with Gasteiger partial charge < -0.3 is 11.1 Å². The number of amides is 1. The number of aryl methyl sites for hydroxylation is 1. The van der Waals surface area contributed by atoms with Gasteiger partial charge in [-0.3, -0.25) is 4.79 Å². The molecule has 1 atom stereocenters. The zero-order valence-electron chi connectivity index (χ0n) is 11.1. The fraction of sp³-hybridized carbons (Fsp3) is 0.188. The molecular weight excluding hydrogens is 255 g/mol. The van der Waals surface area contributed by atoms with Gasteiger partial charge >= 0.3 is 0 Å². The SMILES string of the molecule is Cc1ccc(C(N)c2cc(F)c3c(c2)CC(=O)N3)cc1. The van der Waals surface area contributed by atoms with E-state index < -0.39 is 11.9 Å². The molecule has 0 aliphatic carbocycles. The van der Waals surface area contributed by atoms with Crippen molar-refractivity contribution in [3.63, 3.8) is 0 Å². The van der Waals surface area contributed by atoms with E-state index in [2.05, 4.69) is 5.32 Å². The van der Waals surface area contributed by atoms with Crippen molar-refractivity contribution in [3.8, 4) is 0 Å². The summed E-state index contributed by atoms with van der Waals surface area (Å²) in [7, 11) is 0. The van der Waals surface area contributed by atoms with Crippen molar-refractivity contribution in [3.05, 3.63) is 64.5 Å². The second kappa shape index (κ2) is 4.72. The standard InChI is InChI=1S/C16H15FN2O/c1-9-2-4-10(5-3-9)15(18)11-6-12-8-14(20)19-16(12)13(17)7-11/h2-7,15H,8,18H2,1H3,(H,19,20). The van der Waals surface area contributed by atoms with Gasteiger partial charge in [0.1, 0.15) is 5.82 Å². The third kappa shape index (κ3) is 2.18. The van der Waals surface area contributed by atoms with Gasteiger partial charge in [0.2, 0.25) is 5.91 Å². The molecule has 1 amide bonds. The second-order valence-corrected chi connectivity index (χ2v) is 5.15. The Labute approximate surface area is 116 Å². The van der Waals surface area contributed by atoms with Crippen molar-refractivity contribution in [1.29, 1.82) is 0 Å². The zero-order valence-corrected chi connectivity index (χ0v) is 11.1. The molecule has 0 saturated heterocycles. The molecule has 3 nitrogen and oxygen atoms in total. The topological polar surface area (TPSA) is 55.1 Å². The minimum atomic E-state index is -0.425. The van der Waals surface area contributed by atoms with Gasteiger partial charge in [-0.2, -0.15) is 0 Å². The highest BCUT2D eigenvalue weighted by atomic mass is 19.1. The quantitative estimate of drug-likeness (QED) is 0.881. The average molecular weight is 270 g/mol. The minimum Gasteiger partial charge on any atom is -0.323 e. The molecule has 0 radical (unpaired) electrons. The summed E-state index contributed by atoms with van der Waals surface area (Å²) in [6.07, 6.45) is 0.209. The van der Waals surface area contributed by atoms with E-state index in [1.807, 2.05) is 31.2 Å². The second-order valence-electron chi connectivity index (χ2n) is 5.15. The number of hydrogen-bond acceptors (Lipinski definition) is 2. The Kier molecular flexibility index (Phi) is 3.03. The fourth-order valence-corrected chi connectivity index (χ4v) is 2.47. The van der Waals surface area contributed by atoms with E-state index in [4.69, 9.17) is 5.73 Å². The first-order chi connectivity index (χ1) is 9.54. The van der Waals surface area contributed by atoms with Gasteiger partial charge in [-0.15, -0.1) is 0 Å². The Morgan fingerprint density at radius 2 is 1.90 bits per heavy atom. The monoisotopic (exact) mass is 270 g/mol. The number of benzene rings is 2. The molecule has 0 saturated carbocycles. The summed E-state index contributed by atoms with van der Waals surface area (Å²) in [5.41, 5.74) is 9.91. The maximum atomic E-state index is 14.0. The van der Waals surface area contributed by atoms with Gasteiger partial charge in [0.05, 0.1) is 18.2 Å². The summed E-state index contributed by atoms with van der Waals surface area (Å²) in [6, 6.07) is 10.6.